The van der Waals surface area contributed by atoms with Gasteiger partial charge in [0.25, 0.3) is 0 Å². The van der Waals surface area contributed by atoms with Crippen LogP contribution in [-0.2, 0) is 9.53 Å². The summed E-state index contributed by atoms with van der Waals surface area (Å²) in [5.41, 5.74) is 5.21. The summed E-state index contributed by atoms with van der Waals surface area (Å²) in [6.45, 7) is 7.36. The number of aliphatic hydroxyl groups excluding tert-OH is 1. The van der Waals surface area contributed by atoms with E-state index in [2.05, 4.69) is 6.92 Å². The lowest BCUT2D eigenvalue weighted by Gasteiger charge is -2.24. The van der Waals surface area contributed by atoms with Crippen molar-refractivity contribution in [2.45, 2.75) is 51.9 Å². The molecular formula is C11H21NO3. The molecule has 4 heteroatoms. The van der Waals surface area contributed by atoms with Crippen molar-refractivity contribution in [1.29, 1.82) is 0 Å². The van der Waals surface area contributed by atoms with Crippen molar-refractivity contribution >= 4 is 5.97 Å². The molecule has 0 heterocycles. The zero-order valence-corrected chi connectivity index (χ0v) is 9.86. The first-order valence-electron chi connectivity index (χ1n) is 5.39. The summed E-state index contributed by atoms with van der Waals surface area (Å²) in [6.07, 6.45) is -0.208. The van der Waals surface area contributed by atoms with Crippen LogP contribution in [0.5, 0.6) is 0 Å². The average Bonchev–Trinajstić information content (AvgIpc) is 2.77. The Balaban J connectivity index is 2.45. The Morgan fingerprint density at radius 3 is 2.33 bits per heavy atom. The van der Waals surface area contributed by atoms with E-state index < -0.39 is 23.7 Å². The average molecular weight is 215 g/mol. The van der Waals surface area contributed by atoms with Crippen molar-refractivity contribution in [3.05, 3.63) is 0 Å². The molecule has 3 N–H and O–H groups in total. The van der Waals surface area contributed by atoms with Gasteiger partial charge in [0.15, 0.2) is 6.10 Å². The monoisotopic (exact) mass is 215 g/mol. The van der Waals surface area contributed by atoms with Gasteiger partial charge in [-0.05, 0) is 39.0 Å². The van der Waals surface area contributed by atoms with Crippen LogP contribution in [0, 0.1) is 11.8 Å². The Kier molecular flexibility index (Phi) is 3.41. The molecule has 4 nitrogen and oxygen atoms in total. The molecule has 0 unspecified atom stereocenters. The van der Waals surface area contributed by atoms with E-state index >= 15 is 0 Å². The molecule has 1 aliphatic carbocycles. The van der Waals surface area contributed by atoms with Crippen LogP contribution in [0.25, 0.3) is 0 Å². The van der Waals surface area contributed by atoms with E-state index in [0.717, 1.165) is 6.42 Å². The molecule has 15 heavy (non-hydrogen) atoms. The first-order chi connectivity index (χ1) is 6.72. The van der Waals surface area contributed by atoms with Gasteiger partial charge in [-0.25, -0.2) is 4.79 Å². The van der Waals surface area contributed by atoms with Gasteiger partial charge in [-0.2, -0.15) is 0 Å². The van der Waals surface area contributed by atoms with Crippen LogP contribution in [0.4, 0.5) is 0 Å². The highest BCUT2D eigenvalue weighted by molar-refractivity contribution is 5.75. The van der Waals surface area contributed by atoms with Gasteiger partial charge in [-0.1, -0.05) is 6.92 Å². The molecular weight excluding hydrogens is 194 g/mol. The molecule has 0 aromatic rings. The van der Waals surface area contributed by atoms with Gasteiger partial charge >= 0.3 is 5.97 Å². The number of carbonyl (C=O) groups excluding carboxylic acids is 1. The zero-order valence-electron chi connectivity index (χ0n) is 9.86. The minimum atomic E-state index is -1.20. The molecule has 1 rings (SSSR count). The molecule has 1 saturated carbocycles. The minimum Gasteiger partial charge on any atom is -0.458 e. The fourth-order valence-electron chi connectivity index (χ4n) is 1.64. The highest BCUT2D eigenvalue weighted by Crippen LogP contribution is 2.40. The first kappa shape index (κ1) is 12.5. The van der Waals surface area contributed by atoms with E-state index in [0.29, 0.717) is 5.92 Å². The van der Waals surface area contributed by atoms with Crippen LogP contribution >= 0.6 is 0 Å². The standard InChI is InChI=1S/C11H21NO3/c1-6-5-7(6)8(12)9(13)10(14)15-11(2,3)4/h6-9,13H,5,12H2,1-4H3/t6-,7-,8-,9+/m0/s1. The van der Waals surface area contributed by atoms with E-state index in [1.165, 1.54) is 0 Å². The summed E-state index contributed by atoms with van der Waals surface area (Å²) in [7, 11) is 0. The fourth-order valence-corrected chi connectivity index (χ4v) is 1.64. The minimum absolute atomic E-state index is 0.257. The number of nitrogens with two attached hydrogens (primary N) is 1. The van der Waals surface area contributed by atoms with E-state index in [1.54, 1.807) is 20.8 Å². The normalized spacial score (nSPS) is 29.5. The lowest BCUT2D eigenvalue weighted by atomic mass is 10.1. The predicted molar refractivity (Wildman–Crippen MR) is 57.1 cm³/mol. The Labute approximate surface area is 90.8 Å². The second-order valence-corrected chi connectivity index (χ2v) is 5.43. The van der Waals surface area contributed by atoms with E-state index in [9.17, 15) is 9.90 Å². The largest absolute Gasteiger partial charge is 0.458 e. The molecule has 0 aromatic heterocycles. The second kappa shape index (κ2) is 4.10. The van der Waals surface area contributed by atoms with Gasteiger partial charge in [-0.15, -0.1) is 0 Å². The summed E-state index contributed by atoms with van der Waals surface area (Å²) >= 11 is 0. The third-order valence-electron chi connectivity index (χ3n) is 2.68. The van der Waals surface area contributed by atoms with Crippen molar-refractivity contribution in [3.8, 4) is 0 Å². The van der Waals surface area contributed by atoms with Gasteiger partial charge in [0.1, 0.15) is 5.60 Å². The number of hydrogen-bond donors (Lipinski definition) is 2. The van der Waals surface area contributed by atoms with Crippen molar-refractivity contribution in [2.75, 3.05) is 0 Å². The number of rotatable bonds is 3. The van der Waals surface area contributed by atoms with Crippen molar-refractivity contribution in [1.82, 2.24) is 0 Å². The van der Waals surface area contributed by atoms with Gasteiger partial charge < -0.3 is 15.6 Å². The number of carbonyl (C=O) groups is 1. The van der Waals surface area contributed by atoms with Crippen molar-refractivity contribution < 1.29 is 14.6 Å². The molecule has 4 atom stereocenters. The van der Waals surface area contributed by atoms with Gasteiger partial charge in [0.05, 0.1) is 0 Å². The van der Waals surface area contributed by atoms with Crippen LogP contribution in [0.3, 0.4) is 0 Å². The van der Waals surface area contributed by atoms with E-state index in [4.69, 9.17) is 10.5 Å². The Morgan fingerprint density at radius 2 is 2.00 bits per heavy atom. The van der Waals surface area contributed by atoms with Gasteiger partial charge in [0, 0.05) is 6.04 Å². The molecule has 0 amide bonds. The summed E-state index contributed by atoms with van der Waals surface area (Å²) in [5, 5.41) is 9.68. The number of esters is 1. The van der Waals surface area contributed by atoms with Crippen LogP contribution in [-0.4, -0.2) is 28.8 Å². The summed E-state index contributed by atoms with van der Waals surface area (Å²) in [6, 6.07) is -0.491. The van der Waals surface area contributed by atoms with Crippen LogP contribution in [0.2, 0.25) is 0 Å². The molecule has 1 fully saturated rings. The second-order valence-electron chi connectivity index (χ2n) is 5.43. The molecule has 0 saturated heterocycles. The van der Waals surface area contributed by atoms with Crippen LogP contribution in [0.1, 0.15) is 34.1 Å². The zero-order chi connectivity index (χ0) is 11.8. The highest BCUT2D eigenvalue weighted by atomic mass is 16.6. The number of ether oxygens (including phenoxy) is 1. The summed E-state index contributed by atoms with van der Waals surface area (Å²) in [5.74, 6) is 0.152. The summed E-state index contributed by atoms with van der Waals surface area (Å²) < 4.78 is 5.06. The topological polar surface area (TPSA) is 72.5 Å². The third-order valence-corrected chi connectivity index (χ3v) is 2.68. The SMILES string of the molecule is C[C@H]1C[C@@H]1[C@H](N)[C@@H](O)C(=O)OC(C)(C)C. The smallest absolute Gasteiger partial charge is 0.337 e. The quantitative estimate of drug-likeness (QED) is 0.679. The predicted octanol–water partition coefficient (Wildman–Crippen LogP) is 0.672. The lowest BCUT2D eigenvalue weighted by Crippen LogP contribution is -2.45. The molecule has 0 bridgehead atoms. The van der Waals surface area contributed by atoms with Crippen LogP contribution in [0.15, 0.2) is 0 Å². The maximum absolute atomic E-state index is 11.5. The number of aliphatic hydroxyl groups is 1. The Hall–Kier alpha value is -0.610. The molecule has 0 radical (unpaired) electrons. The van der Waals surface area contributed by atoms with Crippen LogP contribution < -0.4 is 5.73 Å². The van der Waals surface area contributed by atoms with Crippen molar-refractivity contribution in [3.63, 3.8) is 0 Å². The van der Waals surface area contributed by atoms with E-state index in [1.807, 2.05) is 0 Å². The molecule has 0 aromatic carbocycles. The molecule has 0 spiro atoms. The maximum Gasteiger partial charge on any atom is 0.337 e. The molecule has 1 aliphatic rings. The number of hydrogen-bond acceptors (Lipinski definition) is 4. The van der Waals surface area contributed by atoms with Crippen molar-refractivity contribution in [2.24, 2.45) is 17.6 Å². The highest BCUT2D eigenvalue weighted by Gasteiger charge is 2.43. The first-order valence-corrected chi connectivity index (χ1v) is 5.39. The lowest BCUT2D eigenvalue weighted by molar-refractivity contribution is -0.166. The van der Waals surface area contributed by atoms with Gasteiger partial charge in [-0.3, -0.25) is 0 Å². The Bertz CT molecular complexity index is 247. The van der Waals surface area contributed by atoms with E-state index in [-0.39, 0.29) is 5.92 Å². The maximum atomic E-state index is 11.5. The Morgan fingerprint density at radius 1 is 1.53 bits per heavy atom. The molecule has 0 aliphatic heterocycles. The summed E-state index contributed by atoms with van der Waals surface area (Å²) in [4.78, 5) is 11.5. The molecule has 88 valence electrons. The third kappa shape index (κ3) is 3.47. The fraction of sp³-hybridized carbons (Fsp3) is 0.909. The van der Waals surface area contributed by atoms with Gasteiger partial charge in [0.2, 0.25) is 0 Å².